The van der Waals surface area contributed by atoms with Gasteiger partial charge in [0.2, 0.25) is 0 Å². The van der Waals surface area contributed by atoms with E-state index in [-0.39, 0.29) is 0 Å². The summed E-state index contributed by atoms with van der Waals surface area (Å²) in [5.74, 6) is 1.31. The van der Waals surface area contributed by atoms with Gasteiger partial charge in [0.15, 0.2) is 16.6 Å². The summed E-state index contributed by atoms with van der Waals surface area (Å²) >= 11 is 0. The Hall–Kier alpha value is -0.746. The summed E-state index contributed by atoms with van der Waals surface area (Å²) in [6.45, 7) is 18.4. The Morgan fingerprint density at radius 1 is 0.741 bits per heavy atom. The van der Waals surface area contributed by atoms with Crippen molar-refractivity contribution in [2.24, 2.45) is 21.5 Å². The van der Waals surface area contributed by atoms with Crippen molar-refractivity contribution < 1.29 is 4.12 Å². The Bertz CT molecular complexity index is 407. The molecule has 0 heterocycles. The quantitative estimate of drug-likeness (QED) is 0.133. The third kappa shape index (κ3) is 18.4. The fraction of sp³-hybridized carbons (Fsp3) is 0.889. The number of nitrogens with two attached hydrogens (primary N) is 2. The SMILES string of the molecule is CC(N)=NCCNCCC[Si](C)(C)O[Si](C)(C)CCCNCCN=C(C)N. The smallest absolute Gasteiger partial charge is 0.173 e. The van der Waals surface area contributed by atoms with Gasteiger partial charge in [-0.3, -0.25) is 9.98 Å². The number of nitrogens with one attached hydrogen (secondary N) is 2. The van der Waals surface area contributed by atoms with Gasteiger partial charge in [-0.2, -0.15) is 0 Å². The third-order valence-corrected chi connectivity index (χ3v) is 11.7. The van der Waals surface area contributed by atoms with E-state index in [2.05, 4.69) is 46.8 Å². The van der Waals surface area contributed by atoms with Crippen LogP contribution in [0.2, 0.25) is 38.3 Å². The van der Waals surface area contributed by atoms with Gasteiger partial charge in [0.25, 0.3) is 0 Å². The zero-order valence-corrected chi connectivity index (χ0v) is 20.5. The Labute approximate surface area is 169 Å². The van der Waals surface area contributed by atoms with Gasteiger partial charge in [0.1, 0.15) is 0 Å². The molecule has 0 aromatic heterocycles. The molecule has 7 nitrogen and oxygen atoms in total. The summed E-state index contributed by atoms with van der Waals surface area (Å²) in [6.07, 6.45) is 2.33. The Morgan fingerprint density at radius 3 is 1.44 bits per heavy atom. The highest BCUT2D eigenvalue weighted by molar-refractivity contribution is 6.84. The molecule has 6 N–H and O–H groups in total. The molecule has 0 aliphatic carbocycles. The molecule has 0 atom stereocenters. The third-order valence-electron chi connectivity index (χ3n) is 4.12. The van der Waals surface area contributed by atoms with Crippen molar-refractivity contribution in [3.8, 4) is 0 Å². The molecule has 9 heteroatoms. The average molecular weight is 417 g/mol. The number of hydrogen-bond acceptors (Lipinski definition) is 5. The lowest BCUT2D eigenvalue weighted by atomic mass is 10.4. The molecule has 0 radical (unpaired) electrons. The van der Waals surface area contributed by atoms with Crippen LogP contribution in [0.3, 0.4) is 0 Å². The van der Waals surface area contributed by atoms with Crippen LogP contribution in [0.1, 0.15) is 26.7 Å². The van der Waals surface area contributed by atoms with Gasteiger partial charge in [-0.15, -0.1) is 0 Å². The minimum absolute atomic E-state index is 0.653. The first-order valence-electron chi connectivity index (χ1n) is 10.2. The topological polar surface area (TPSA) is 110 Å². The van der Waals surface area contributed by atoms with E-state index in [1.54, 1.807) is 0 Å². The average Bonchev–Trinajstić information content (AvgIpc) is 2.51. The Kier molecular flexibility index (Phi) is 13.9. The molecule has 160 valence electrons. The van der Waals surface area contributed by atoms with Crippen LogP contribution < -0.4 is 22.1 Å². The Balaban J connectivity index is 3.87. The van der Waals surface area contributed by atoms with E-state index in [0.29, 0.717) is 11.7 Å². The molecule has 0 spiro atoms. The molecule has 0 saturated heterocycles. The number of nitrogens with zero attached hydrogens (tertiary/aromatic N) is 2. The van der Waals surface area contributed by atoms with Crippen molar-refractivity contribution in [3.05, 3.63) is 0 Å². The van der Waals surface area contributed by atoms with Crippen LogP contribution in [-0.4, -0.2) is 67.6 Å². The van der Waals surface area contributed by atoms with Crippen LogP contribution in [-0.2, 0) is 4.12 Å². The van der Waals surface area contributed by atoms with Crippen LogP contribution >= 0.6 is 0 Å². The van der Waals surface area contributed by atoms with Crippen LogP contribution in [0, 0.1) is 0 Å². The van der Waals surface area contributed by atoms with E-state index in [4.69, 9.17) is 15.6 Å². The molecule has 0 aromatic carbocycles. The van der Waals surface area contributed by atoms with Crippen molar-refractivity contribution in [1.82, 2.24) is 10.6 Å². The van der Waals surface area contributed by atoms with Gasteiger partial charge in [0.05, 0.1) is 24.8 Å². The molecule has 0 aliphatic rings. The standard InChI is InChI=1S/C18H44N6OSi2/c1-17(19)23-13-11-21-9-7-15-26(3,4)25-27(5,6)16-8-10-22-12-14-24-18(2)20/h21-22H,7-16H2,1-6H3,(H2,19,23)(H2,20,24). The first-order chi connectivity index (χ1) is 12.5. The van der Waals surface area contributed by atoms with E-state index in [1.807, 2.05) is 13.8 Å². The highest BCUT2D eigenvalue weighted by Gasteiger charge is 2.32. The highest BCUT2D eigenvalue weighted by atomic mass is 28.4. The highest BCUT2D eigenvalue weighted by Crippen LogP contribution is 2.23. The molecule has 0 amide bonds. The van der Waals surface area contributed by atoms with Crippen LogP contribution in [0.4, 0.5) is 0 Å². The molecule has 0 rings (SSSR count). The van der Waals surface area contributed by atoms with Gasteiger partial charge >= 0.3 is 0 Å². The van der Waals surface area contributed by atoms with Crippen molar-refractivity contribution in [2.45, 2.75) is 65.0 Å². The summed E-state index contributed by atoms with van der Waals surface area (Å²) in [4.78, 5) is 8.37. The molecule has 0 aromatic rings. The second kappa shape index (κ2) is 14.3. The second-order valence-electron chi connectivity index (χ2n) is 8.37. The van der Waals surface area contributed by atoms with Crippen molar-refractivity contribution in [2.75, 3.05) is 39.3 Å². The number of aliphatic imine (C=N–C) groups is 2. The van der Waals surface area contributed by atoms with E-state index < -0.39 is 16.6 Å². The molecule has 0 saturated carbocycles. The maximum Gasteiger partial charge on any atom is 0.173 e. The predicted octanol–water partition coefficient (Wildman–Crippen LogP) is 2.13. The molecule has 0 bridgehead atoms. The van der Waals surface area contributed by atoms with Crippen LogP contribution in [0.25, 0.3) is 0 Å². The number of hydrogen-bond donors (Lipinski definition) is 4. The summed E-state index contributed by atoms with van der Waals surface area (Å²) in [5, 5.41) is 6.86. The summed E-state index contributed by atoms with van der Waals surface area (Å²) in [7, 11) is -3.19. The normalized spacial score (nSPS) is 14.0. The number of rotatable bonds is 16. The predicted molar refractivity (Wildman–Crippen MR) is 125 cm³/mol. The van der Waals surface area contributed by atoms with E-state index in [9.17, 15) is 0 Å². The van der Waals surface area contributed by atoms with Gasteiger partial charge in [-0.25, -0.2) is 0 Å². The maximum absolute atomic E-state index is 6.69. The van der Waals surface area contributed by atoms with Gasteiger partial charge < -0.3 is 26.2 Å². The maximum atomic E-state index is 6.69. The van der Waals surface area contributed by atoms with Crippen molar-refractivity contribution in [1.29, 1.82) is 0 Å². The fourth-order valence-electron chi connectivity index (χ4n) is 3.00. The molecule has 27 heavy (non-hydrogen) atoms. The van der Waals surface area contributed by atoms with Crippen LogP contribution in [0.5, 0.6) is 0 Å². The lowest BCUT2D eigenvalue weighted by molar-refractivity contribution is 0.524. The summed E-state index contributed by atoms with van der Waals surface area (Å²) in [6, 6.07) is 2.40. The van der Waals surface area contributed by atoms with E-state index in [1.165, 1.54) is 12.1 Å². The Morgan fingerprint density at radius 2 is 1.11 bits per heavy atom. The number of amidine groups is 2. The molecule has 0 fully saturated rings. The largest absolute Gasteiger partial charge is 0.455 e. The first-order valence-corrected chi connectivity index (χ1v) is 16.4. The van der Waals surface area contributed by atoms with Crippen molar-refractivity contribution in [3.63, 3.8) is 0 Å². The van der Waals surface area contributed by atoms with E-state index >= 15 is 0 Å². The summed E-state index contributed by atoms with van der Waals surface area (Å²) < 4.78 is 6.69. The zero-order valence-electron chi connectivity index (χ0n) is 18.5. The zero-order chi connectivity index (χ0) is 20.8. The second-order valence-corrected chi connectivity index (χ2v) is 17.2. The molecule has 0 aliphatic heterocycles. The molecule has 0 unspecified atom stereocenters. The van der Waals surface area contributed by atoms with E-state index in [0.717, 1.165) is 52.1 Å². The monoisotopic (exact) mass is 416 g/mol. The van der Waals surface area contributed by atoms with Gasteiger partial charge in [0, 0.05) is 13.1 Å². The summed E-state index contributed by atoms with van der Waals surface area (Å²) in [5.41, 5.74) is 11.1. The van der Waals surface area contributed by atoms with Crippen LogP contribution in [0.15, 0.2) is 9.98 Å². The minimum Gasteiger partial charge on any atom is -0.455 e. The lowest BCUT2D eigenvalue weighted by Gasteiger charge is -2.34. The molecular formula is C18H44N6OSi2. The molecular weight excluding hydrogens is 372 g/mol. The van der Waals surface area contributed by atoms with Gasteiger partial charge in [-0.1, -0.05) is 0 Å². The van der Waals surface area contributed by atoms with Crippen molar-refractivity contribution >= 4 is 28.3 Å². The lowest BCUT2D eigenvalue weighted by Crippen LogP contribution is -2.44. The fourth-order valence-corrected chi connectivity index (χ4v) is 11.9. The van der Waals surface area contributed by atoms with Gasteiger partial charge in [-0.05, 0) is 78.1 Å². The first kappa shape index (κ1) is 26.3. The minimum atomic E-state index is -1.60.